The van der Waals surface area contributed by atoms with Crippen LogP contribution in [0.25, 0.3) is 11.2 Å². The van der Waals surface area contributed by atoms with Crippen molar-refractivity contribution in [3.05, 3.63) is 65.5 Å². The van der Waals surface area contributed by atoms with Crippen LogP contribution in [0, 0.1) is 0 Å². The summed E-state index contributed by atoms with van der Waals surface area (Å²) < 4.78 is 13.2. The molecule has 0 saturated carbocycles. The molecule has 3 aromatic heterocycles. The molecule has 0 spiro atoms. The number of rotatable bonds is 8. The Morgan fingerprint density at radius 2 is 2.00 bits per heavy atom. The first kappa shape index (κ1) is 24.1. The molecule has 36 heavy (non-hydrogen) atoms. The summed E-state index contributed by atoms with van der Waals surface area (Å²) in [4.78, 5) is 24.6. The highest BCUT2D eigenvalue weighted by molar-refractivity contribution is 6.28. The number of fused-ring (bicyclic) bond motifs is 1. The standard InChI is InChI=1S/C22H22ClN7O6/c23-21-27-17(24)14-18(28-21)30(10-25-14)19-16(32)15(31)12(36-19)9-35-22(20(33)34,13-6-7-26-29-13)8-11-4-2-1-3-5-11/h1-7,10,12,15-16,19,31-32H,8-9H2,(H,26,29)(H,33,34)(H2,24,27,28)/t12-,15-,16-,19-,22?/m1/s1. The molecule has 1 saturated heterocycles. The number of carbonyl (C=O) groups is 1. The normalized spacial score (nSPS) is 23.6. The molecule has 5 rings (SSSR count). The highest BCUT2D eigenvalue weighted by Gasteiger charge is 2.48. The van der Waals surface area contributed by atoms with Gasteiger partial charge in [0.15, 0.2) is 17.7 Å². The van der Waals surface area contributed by atoms with Gasteiger partial charge in [0.1, 0.15) is 23.8 Å². The van der Waals surface area contributed by atoms with E-state index >= 15 is 0 Å². The van der Waals surface area contributed by atoms with E-state index in [1.54, 1.807) is 24.3 Å². The summed E-state index contributed by atoms with van der Waals surface area (Å²) in [5.41, 5.74) is 5.35. The third kappa shape index (κ3) is 4.16. The van der Waals surface area contributed by atoms with Crippen molar-refractivity contribution in [2.45, 2.75) is 36.6 Å². The number of anilines is 1. The summed E-state index contributed by atoms with van der Waals surface area (Å²) in [7, 11) is 0. The van der Waals surface area contributed by atoms with Crippen molar-refractivity contribution in [3.63, 3.8) is 0 Å². The number of aliphatic carboxylic acids is 1. The van der Waals surface area contributed by atoms with E-state index in [9.17, 15) is 20.1 Å². The SMILES string of the molecule is Nc1nc(Cl)nc2c1ncn2[C@@H]1O[C@H](COC(Cc2ccccc2)(C(=O)O)c2ccn[nH]2)[C@@H](O)[C@H]1O. The van der Waals surface area contributed by atoms with Gasteiger partial charge in [-0.2, -0.15) is 15.1 Å². The van der Waals surface area contributed by atoms with E-state index in [2.05, 4.69) is 25.1 Å². The summed E-state index contributed by atoms with van der Waals surface area (Å²) in [6.07, 6.45) is -2.30. The van der Waals surface area contributed by atoms with Crippen LogP contribution in [-0.4, -0.2) is 75.9 Å². The second-order valence-electron chi connectivity index (χ2n) is 8.32. The maximum atomic E-state index is 12.6. The highest BCUT2D eigenvalue weighted by Crippen LogP contribution is 2.35. The molecular formula is C22H22ClN7O6. The van der Waals surface area contributed by atoms with Crippen molar-refractivity contribution in [3.8, 4) is 0 Å². The van der Waals surface area contributed by atoms with Crippen LogP contribution in [-0.2, 0) is 26.3 Å². The Hall–Kier alpha value is -3.62. The molecule has 0 radical (unpaired) electrons. The van der Waals surface area contributed by atoms with E-state index < -0.39 is 36.1 Å². The second kappa shape index (κ2) is 9.44. The lowest BCUT2D eigenvalue weighted by molar-refractivity contribution is -0.177. The molecule has 6 N–H and O–H groups in total. The largest absolute Gasteiger partial charge is 0.479 e. The number of benzene rings is 1. The Morgan fingerprint density at radius 1 is 1.22 bits per heavy atom. The van der Waals surface area contributed by atoms with Gasteiger partial charge in [-0.1, -0.05) is 30.3 Å². The average Bonchev–Trinajstić information content (AvgIpc) is 3.59. The molecule has 1 fully saturated rings. The Balaban J connectivity index is 1.42. The van der Waals surface area contributed by atoms with Gasteiger partial charge in [-0.25, -0.2) is 9.78 Å². The predicted octanol–water partition coefficient (Wildman–Crippen LogP) is 0.644. The van der Waals surface area contributed by atoms with Gasteiger partial charge >= 0.3 is 5.97 Å². The van der Waals surface area contributed by atoms with Gasteiger partial charge in [-0.3, -0.25) is 9.67 Å². The van der Waals surface area contributed by atoms with E-state index in [1.165, 1.54) is 23.2 Å². The number of hydrogen-bond acceptors (Lipinski definition) is 10. The molecule has 1 unspecified atom stereocenters. The van der Waals surface area contributed by atoms with Gasteiger partial charge < -0.3 is 30.5 Å². The molecule has 13 nitrogen and oxygen atoms in total. The molecule has 14 heteroatoms. The Morgan fingerprint density at radius 3 is 2.69 bits per heavy atom. The number of aliphatic hydroxyl groups is 2. The van der Waals surface area contributed by atoms with Crippen molar-refractivity contribution >= 4 is 34.6 Å². The van der Waals surface area contributed by atoms with Gasteiger partial charge in [-0.15, -0.1) is 0 Å². The molecule has 1 aromatic carbocycles. The molecule has 0 aliphatic carbocycles. The number of nitrogen functional groups attached to an aromatic ring is 1. The number of nitrogens with zero attached hydrogens (tertiary/aromatic N) is 5. The van der Waals surface area contributed by atoms with Crippen LogP contribution in [0.1, 0.15) is 17.5 Å². The topological polar surface area (TPSA) is 195 Å². The number of carboxylic acids is 1. The first-order valence-electron chi connectivity index (χ1n) is 10.9. The number of carboxylic acid groups (broad SMARTS) is 1. The van der Waals surface area contributed by atoms with Gasteiger partial charge in [0.25, 0.3) is 0 Å². The van der Waals surface area contributed by atoms with Crippen molar-refractivity contribution in [1.82, 2.24) is 29.7 Å². The predicted molar refractivity (Wildman–Crippen MR) is 125 cm³/mol. The number of nitrogens with two attached hydrogens (primary N) is 1. The minimum Gasteiger partial charge on any atom is -0.479 e. The molecule has 4 aromatic rings. The summed E-state index contributed by atoms with van der Waals surface area (Å²) in [6.45, 7) is -0.364. The van der Waals surface area contributed by atoms with Gasteiger partial charge in [0.2, 0.25) is 10.9 Å². The minimum absolute atomic E-state index is 0.0268. The molecule has 5 atom stereocenters. The summed E-state index contributed by atoms with van der Waals surface area (Å²) in [5.74, 6) is -1.22. The maximum absolute atomic E-state index is 12.6. The fourth-order valence-corrected chi connectivity index (χ4v) is 4.43. The number of halogens is 1. The number of nitrogens with one attached hydrogen (secondary N) is 1. The van der Waals surface area contributed by atoms with E-state index in [-0.39, 0.29) is 41.0 Å². The summed E-state index contributed by atoms with van der Waals surface area (Å²) >= 11 is 5.92. The Kier molecular flexibility index (Phi) is 6.32. The number of hydrogen-bond donors (Lipinski definition) is 5. The fraction of sp³-hybridized carbons (Fsp3) is 0.318. The zero-order valence-electron chi connectivity index (χ0n) is 18.6. The van der Waals surface area contributed by atoms with Gasteiger partial charge in [0, 0.05) is 12.6 Å². The van der Waals surface area contributed by atoms with Gasteiger partial charge in [0.05, 0.1) is 18.6 Å². The number of imidazole rings is 1. The zero-order chi connectivity index (χ0) is 25.4. The highest BCUT2D eigenvalue weighted by atomic mass is 35.5. The van der Waals surface area contributed by atoms with Crippen LogP contribution >= 0.6 is 11.6 Å². The maximum Gasteiger partial charge on any atom is 0.342 e. The molecule has 0 amide bonds. The van der Waals surface area contributed by atoms with E-state index in [0.717, 1.165) is 0 Å². The Labute approximate surface area is 208 Å². The van der Waals surface area contributed by atoms with Crippen molar-refractivity contribution in [2.24, 2.45) is 0 Å². The van der Waals surface area contributed by atoms with E-state index in [0.29, 0.717) is 5.56 Å². The molecule has 188 valence electrons. The van der Waals surface area contributed by atoms with Crippen molar-refractivity contribution in [1.29, 1.82) is 0 Å². The first-order valence-corrected chi connectivity index (χ1v) is 11.3. The summed E-state index contributed by atoms with van der Waals surface area (Å²) in [5, 5.41) is 38.1. The summed E-state index contributed by atoms with van der Waals surface area (Å²) in [6, 6.07) is 10.5. The van der Waals surface area contributed by atoms with Gasteiger partial charge in [-0.05, 0) is 23.2 Å². The lowest BCUT2D eigenvalue weighted by Gasteiger charge is -2.30. The minimum atomic E-state index is -1.86. The monoisotopic (exact) mass is 515 g/mol. The van der Waals surface area contributed by atoms with Crippen LogP contribution in [0.5, 0.6) is 0 Å². The third-order valence-electron chi connectivity index (χ3n) is 6.10. The van der Waals surface area contributed by atoms with Crippen LogP contribution in [0.4, 0.5) is 5.82 Å². The smallest absolute Gasteiger partial charge is 0.342 e. The number of aromatic nitrogens is 6. The van der Waals surface area contributed by atoms with Crippen molar-refractivity contribution < 1.29 is 29.6 Å². The number of H-pyrrole nitrogens is 1. The van der Waals surface area contributed by atoms with E-state index in [4.69, 9.17) is 26.8 Å². The molecular weight excluding hydrogens is 494 g/mol. The van der Waals surface area contributed by atoms with Crippen molar-refractivity contribution in [2.75, 3.05) is 12.3 Å². The van der Waals surface area contributed by atoms with E-state index in [1.807, 2.05) is 6.07 Å². The zero-order valence-corrected chi connectivity index (χ0v) is 19.4. The lowest BCUT2D eigenvalue weighted by Crippen LogP contribution is -2.45. The lowest BCUT2D eigenvalue weighted by atomic mass is 9.90. The average molecular weight is 516 g/mol. The number of aromatic amines is 1. The molecule has 0 bridgehead atoms. The Bertz CT molecular complexity index is 1370. The first-order chi connectivity index (χ1) is 17.3. The fourth-order valence-electron chi connectivity index (χ4n) is 4.26. The van der Waals surface area contributed by atoms with Crippen LogP contribution < -0.4 is 5.73 Å². The molecule has 1 aliphatic rings. The van der Waals surface area contributed by atoms with Crippen LogP contribution in [0.2, 0.25) is 5.28 Å². The third-order valence-corrected chi connectivity index (χ3v) is 6.27. The van der Waals surface area contributed by atoms with Crippen LogP contribution in [0.15, 0.2) is 48.9 Å². The molecule has 4 heterocycles. The van der Waals surface area contributed by atoms with Crippen LogP contribution in [0.3, 0.4) is 0 Å². The second-order valence-corrected chi connectivity index (χ2v) is 8.66. The number of aliphatic hydroxyl groups excluding tert-OH is 2. The quantitative estimate of drug-likeness (QED) is 0.207. The molecule has 1 aliphatic heterocycles. The number of ether oxygens (including phenoxy) is 2.